The topological polar surface area (TPSA) is 37.5 Å². The Morgan fingerprint density at radius 3 is 2.92 bits per heavy atom. The number of aromatic nitrogens is 1. The Hall–Kier alpha value is -2.08. The van der Waals surface area contributed by atoms with Gasteiger partial charge in [0, 0.05) is 11.6 Å². The van der Waals surface area contributed by atoms with Crippen LogP contribution >= 0.6 is 0 Å². The molecule has 0 spiro atoms. The molecule has 0 aliphatic rings. The highest BCUT2D eigenvalue weighted by molar-refractivity contribution is 5.89. The van der Waals surface area contributed by atoms with Crippen LogP contribution in [0.4, 0.5) is 5.69 Å². The van der Waals surface area contributed by atoms with Crippen molar-refractivity contribution in [1.82, 2.24) is 4.98 Å². The summed E-state index contributed by atoms with van der Waals surface area (Å²) in [6.07, 6.45) is 1.59. The van der Waals surface area contributed by atoms with Crippen molar-refractivity contribution in [3.8, 4) is 5.75 Å². The van der Waals surface area contributed by atoms with Gasteiger partial charge in [0.25, 0.3) is 0 Å². The average Bonchev–Trinajstić information content (AvgIpc) is 2.19. The molecule has 1 aromatic carbocycles. The van der Waals surface area contributed by atoms with Gasteiger partial charge in [-0.2, -0.15) is 0 Å². The number of aromatic hydroxyl groups is 1. The van der Waals surface area contributed by atoms with Gasteiger partial charge in [-0.25, -0.2) is 4.85 Å². The van der Waals surface area contributed by atoms with Crippen LogP contribution in [-0.2, 0) is 0 Å². The molecule has 1 heterocycles. The third-order valence-corrected chi connectivity index (χ3v) is 1.85. The predicted molar refractivity (Wildman–Crippen MR) is 49.7 cm³/mol. The van der Waals surface area contributed by atoms with Gasteiger partial charge in [-0.05, 0) is 6.07 Å². The van der Waals surface area contributed by atoms with Gasteiger partial charge in [-0.3, -0.25) is 4.98 Å². The molecular weight excluding hydrogens is 164 g/mol. The maximum absolute atomic E-state index is 9.57. The second-order valence-electron chi connectivity index (χ2n) is 2.62. The molecule has 0 amide bonds. The molecule has 0 saturated heterocycles. The second-order valence-corrected chi connectivity index (χ2v) is 2.62. The number of nitrogens with zero attached hydrogens (tertiary/aromatic N) is 2. The molecule has 0 aliphatic heterocycles. The first-order valence-corrected chi connectivity index (χ1v) is 3.77. The van der Waals surface area contributed by atoms with E-state index >= 15 is 0 Å². The first-order chi connectivity index (χ1) is 6.33. The molecule has 0 unspecified atom stereocenters. The van der Waals surface area contributed by atoms with Crippen LogP contribution in [0.3, 0.4) is 0 Å². The van der Waals surface area contributed by atoms with Gasteiger partial charge < -0.3 is 5.11 Å². The fourth-order valence-electron chi connectivity index (χ4n) is 1.21. The summed E-state index contributed by atoms with van der Waals surface area (Å²) in [5, 5.41) is 10.4. The largest absolute Gasteiger partial charge is 0.517 e. The monoisotopic (exact) mass is 170 g/mol. The van der Waals surface area contributed by atoms with Crippen molar-refractivity contribution in [2.75, 3.05) is 0 Å². The van der Waals surface area contributed by atoms with Gasteiger partial charge in [0.2, 0.25) is 5.69 Å². The molecule has 3 nitrogen and oxygen atoms in total. The number of phenols is 1. The van der Waals surface area contributed by atoms with Crippen LogP contribution in [0.5, 0.6) is 5.75 Å². The van der Waals surface area contributed by atoms with Crippen molar-refractivity contribution in [2.24, 2.45) is 0 Å². The molecule has 0 radical (unpaired) electrons. The predicted octanol–water partition coefficient (Wildman–Crippen LogP) is 2.49. The van der Waals surface area contributed by atoms with E-state index in [1.54, 1.807) is 24.4 Å². The summed E-state index contributed by atoms with van der Waals surface area (Å²) < 4.78 is 0. The number of phenolic OH excluding ortho intramolecular Hbond substituents is 1. The van der Waals surface area contributed by atoms with Crippen molar-refractivity contribution in [3.63, 3.8) is 0 Å². The highest BCUT2D eigenvalue weighted by Crippen LogP contribution is 2.32. The number of hydrogen-bond donors (Lipinski definition) is 1. The van der Waals surface area contributed by atoms with E-state index in [1.807, 2.05) is 6.07 Å². The first kappa shape index (κ1) is 7.56. The Morgan fingerprint density at radius 1 is 1.31 bits per heavy atom. The summed E-state index contributed by atoms with van der Waals surface area (Å²) in [6, 6.07) is 7.00. The molecule has 2 rings (SSSR count). The minimum atomic E-state index is -0.0342. The Balaban J connectivity index is 2.89. The van der Waals surface area contributed by atoms with Crippen molar-refractivity contribution in [2.45, 2.75) is 0 Å². The highest BCUT2D eigenvalue weighted by atomic mass is 16.3. The fourth-order valence-corrected chi connectivity index (χ4v) is 1.21. The van der Waals surface area contributed by atoms with Crippen LogP contribution in [0.2, 0.25) is 0 Å². The lowest BCUT2D eigenvalue weighted by molar-refractivity contribution is 0.483. The van der Waals surface area contributed by atoms with Crippen LogP contribution in [0.25, 0.3) is 15.7 Å². The SMILES string of the molecule is [C-]#[N+]c1ccc2cccnc2c1O. The van der Waals surface area contributed by atoms with Crippen LogP contribution in [0, 0.1) is 6.57 Å². The van der Waals surface area contributed by atoms with E-state index in [0.29, 0.717) is 5.52 Å². The van der Waals surface area contributed by atoms with Crippen LogP contribution in [0.1, 0.15) is 0 Å². The summed E-state index contributed by atoms with van der Waals surface area (Å²) >= 11 is 0. The van der Waals surface area contributed by atoms with Crippen molar-refractivity contribution in [3.05, 3.63) is 41.9 Å². The zero-order chi connectivity index (χ0) is 9.26. The molecule has 13 heavy (non-hydrogen) atoms. The Kier molecular flexibility index (Phi) is 1.60. The van der Waals surface area contributed by atoms with E-state index in [1.165, 1.54) is 0 Å². The van der Waals surface area contributed by atoms with Crippen molar-refractivity contribution in [1.29, 1.82) is 0 Å². The molecule has 0 bridgehead atoms. The van der Waals surface area contributed by atoms with E-state index in [-0.39, 0.29) is 11.4 Å². The normalized spacial score (nSPS) is 9.77. The number of rotatable bonds is 0. The molecule has 0 atom stereocenters. The molecule has 0 fully saturated rings. The van der Waals surface area contributed by atoms with E-state index in [0.717, 1.165) is 5.39 Å². The van der Waals surface area contributed by atoms with E-state index in [4.69, 9.17) is 6.57 Å². The van der Waals surface area contributed by atoms with Gasteiger partial charge in [-0.1, -0.05) is 18.2 Å². The lowest BCUT2D eigenvalue weighted by Crippen LogP contribution is -1.77. The van der Waals surface area contributed by atoms with Crippen LogP contribution in [0.15, 0.2) is 30.5 Å². The summed E-state index contributed by atoms with van der Waals surface area (Å²) in [4.78, 5) is 7.18. The van der Waals surface area contributed by atoms with Crippen molar-refractivity contribution >= 4 is 16.6 Å². The number of fused-ring (bicyclic) bond motifs is 1. The minimum absolute atomic E-state index is 0.0342. The second kappa shape index (κ2) is 2.76. The average molecular weight is 170 g/mol. The Labute approximate surface area is 75.1 Å². The third-order valence-electron chi connectivity index (χ3n) is 1.85. The van der Waals surface area contributed by atoms with Gasteiger partial charge >= 0.3 is 0 Å². The number of hydrogen-bond acceptors (Lipinski definition) is 2. The maximum atomic E-state index is 9.57. The van der Waals surface area contributed by atoms with E-state index < -0.39 is 0 Å². The minimum Gasteiger partial charge on any atom is -0.517 e. The number of pyridine rings is 1. The van der Waals surface area contributed by atoms with E-state index in [2.05, 4.69) is 9.83 Å². The molecule has 62 valence electrons. The summed E-state index contributed by atoms with van der Waals surface area (Å²) in [7, 11) is 0. The van der Waals surface area contributed by atoms with Gasteiger partial charge in [0.05, 0.1) is 6.57 Å². The molecule has 1 aromatic heterocycles. The summed E-state index contributed by atoms with van der Waals surface area (Å²) in [6.45, 7) is 6.80. The van der Waals surface area contributed by atoms with Gasteiger partial charge in [0.1, 0.15) is 11.3 Å². The lowest BCUT2D eigenvalue weighted by Gasteiger charge is -2.00. The zero-order valence-corrected chi connectivity index (χ0v) is 6.73. The summed E-state index contributed by atoms with van der Waals surface area (Å²) in [5.74, 6) is -0.0342. The zero-order valence-electron chi connectivity index (χ0n) is 6.73. The smallest absolute Gasteiger partial charge is 0.230 e. The molecule has 1 N–H and O–H groups in total. The first-order valence-electron chi connectivity index (χ1n) is 3.77. The van der Waals surface area contributed by atoms with Crippen LogP contribution < -0.4 is 0 Å². The highest BCUT2D eigenvalue weighted by Gasteiger charge is 2.05. The quantitative estimate of drug-likeness (QED) is 0.617. The third kappa shape index (κ3) is 1.09. The standard InChI is InChI=1S/C10H6N2O/c1-11-8-5-4-7-3-2-6-12-9(7)10(8)13/h2-6,13H. The number of benzene rings is 1. The van der Waals surface area contributed by atoms with Crippen LogP contribution in [-0.4, -0.2) is 10.1 Å². The maximum Gasteiger partial charge on any atom is 0.230 e. The lowest BCUT2D eigenvalue weighted by atomic mass is 10.2. The molecule has 0 aliphatic carbocycles. The molecule has 0 saturated carbocycles. The molecule has 3 heteroatoms. The van der Waals surface area contributed by atoms with E-state index in [9.17, 15) is 5.11 Å². The van der Waals surface area contributed by atoms with Gasteiger partial charge in [-0.15, -0.1) is 0 Å². The van der Waals surface area contributed by atoms with Gasteiger partial charge in [0.15, 0.2) is 0 Å². The molecular formula is C10H6N2O. The Morgan fingerprint density at radius 2 is 2.15 bits per heavy atom. The summed E-state index contributed by atoms with van der Waals surface area (Å²) in [5.41, 5.74) is 0.724. The Bertz CT molecular complexity index is 500. The fraction of sp³-hybridized carbons (Fsp3) is 0. The van der Waals surface area contributed by atoms with Crippen molar-refractivity contribution < 1.29 is 5.11 Å². The molecule has 2 aromatic rings.